The highest BCUT2D eigenvalue weighted by Gasteiger charge is 2.59. The Hall–Kier alpha value is -1.99. The maximum absolute atomic E-state index is 15.7. The van der Waals surface area contributed by atoms with Gasteiger partial charge in [-0.3, -0.25) is 4.57 Å². The molecule has 0 saturated carbocycles. The van der Waals surface area contributed by atoms with E-state index >= 15 is 4.39 Å². The van der Waals surface area contributed by atoms with Gasteiger partial charge in [0.15, 0.2) is 11.9 Å². The van der Waals surface area contributed by atoms with Crippen LogP contribution in [0.25, 0.3) is 11.2 Å². The second-order valence-corrected chi connectivity index (χ2v) is 5.75. The molecule has 0 aliphatic carbocycles. The molecule has 2 unspecified atom stereocenters. The van der Waals surface area contributed by atoms with Crippen LogP contribution in [0.5, 0.6) is 0 Å². The molecule has 0 amide bonds. The van der Waals surface area contributed by atoms with Crippen LogP contribution >= 0.6 is 11.6 Å². The van der Waals surface area contributed by atoms with E-state index in [-0.39, 0.29) is 11.6 Å². The first-order valence-electron chi connectivity index (χ1n) is 7.13. The van der Waals surface area contributed by atoms with Crippen LogP contribution in [-0.2, 0) is 4.74 Å². The number of aromatic nitrogens is 4. The van der Waals surface area contributed by atoms with Crippen LogP contribution in [0.2, 0.25) is 0 Å². The van der Waals surface area contributed by atoms with Gasteiger partial charge in [-0.15, -0.1) is 0 Å². The zero-order valence-corrected chi connectivity index (χ0v) is 13.4. The van der Waals surface area contributed by atoms with Crippen molar-refractivity contribution in [2.45, 2.75) is 31.0 Å². The molecule has 2 aromatic rings. The Balaban J connectivity index is 2.16. The van der Waals surface area contributed by atoms with Crippen molar-refractivity contribution in [2.24, 2.45) is 5.92 Å². The fraction of sp³-hybridized carbons (Fsp3) is 0.500. The average Bonchev–Trinajstić information content (AvgIpc) is 3.05. The van der Waals surface area contributed by atoms with Gasteiger partial charge in [0.05, 0.1) is 37.3 Å². The normalized spacial score (nSPS) is 31.0. The van der Waals surface area contributed by atoms with Gasteiger partial charge in [0.1, 0.15) is 5.52 Å². The Labute approximate surface area is 141 Å². The van der Waals surface area contributed by atoms with Crippen LogP contribution in [0.4, 0.5) is 10.3 Å². The highest BCUT2D eigenvalue weighted by atomic mass is 35.5. The molecule has 8 nitrogen and oxygen atoms in total. The molecule has 0 bridgehead atoms. The molecule has 24 heavy (non-hydrogen) atoms. The molecule has 3 rings (SSSR count). The van der Waals surface area contributed by atoms with Crippen molar-refractivity contribution in [3.63, 3.8) is 0 Å². The van der Waals surface area contributed by atoms with Crippen molar-refractivity contribution in [1.82, 2.24) is 19.5 Å². The monoisotopic (exact) mass is 355 g/mol. The highest BCUT2D eigenvalue weighted by molar-refractivity contribution is 6.30. The van der Waals surface area contributed by atoms with Crippen LogP contribution in [-0.4, -0.2) is 54.2 Å². The summed E-state index contributed by atoms with van der Waals surface area (Å²) in [5.74, 6) is 1.13. The lowest BCUT2D eigenvalue weighted by atomic mass is 9.85. The van der Waals surface area contributed by atoms with Gasteiger partial charge >= 0.3 is 0 Å². The van der Waals surface area contributed by atoms with E-state index in [2.05, 4.69) is 20.9 Å². The lowest BCUT2D eigenvalue weighted by molar-refractivity contribution is -0.0731. The van der Waals surface area contributed by atoms with E-state index in [0.29, 0.717) is 5.52 Å². The van der Waals surface area contributed by atoms with Crippen molar-refractivity contribution < 1.29 is 19.3 Å². The standard InChI is InChI=1S/C14H15ClFN5O3/c1-7(23)10-8(5-22)14(16,2-3-15)12(24-10)21-6-19-9-4-18-13(17)20-11(9)21/h4,6-8,10,12,22-23H,5H2,1H3,(H2,17,18,20)/t7-,8?,10+,12+,14?/m0/s1. The second-order valence-electron chi connectivity index (χ2n) is 5.56. The summed E-state index contributed by atoms with van der Waals surface area (Å²) in [6.07, 6.45) is -0.633. The Kier molecular flexibility index (Phi) is 4.31. The zero-order chi connectivity index (χ0) is 17.5. The Morgan fingerprint density at radius 2 is 2.33 bits per heavy atom. The molecule has 0 aromatic carbocycles. The number of anilines is 1. The van der Waals surface area contributed by atoms with Crippen LogP contribution < -0.4 is 5.73 Å². The number of ether oxygens (including phenoxy) is 1. The summed E-state index contributed by atoms with van der Waals surface area (Å²) in [6, 6.07) is 0. The second kappa shape index (κ2) is 6.14. The average molecular weight is 356 g/mol. The van der Waals surface area contributed by atoms with Crippen molar-refractivity contribution in [1.29, 1.82) is 0 Å². The number of nitrogens with zero attached hydrogens (tertiary/aromatic N) is 4. The quantitative estimate of drug-likeness (QED) is 0.673. The summed E-state index contributed by atoms with van der Waals surface area (Å²) in [7, 11) is 0. The SMILES string of the molecule is C[C@H](O)[C@H]1O[C@@H](n2cnc3cnc(N)nc32)C(F)(C#CCl)C1CO. The fourth-order valence-corrected chi connectivity index (χ4v) is 3.10. The summed E-state index contributed by atoms with van der Waals surface area (Å²) < 4.78 is 22.6. The molecular formula is C14H15ClFN5O3. The minimum atomic E-state index is -2.36. The molecule has 5 atom stereocenters. The van der Waals surface area contributed by atoms with Crippen LogP contribution in [0, 0.1) is 17.2 Å². The first-order chi connectivity index (χ1) is 11.4. The maximum atomic E-state index is 15.7. The van der Waals surface area contributed by atoms with Gasteiger partial charge in [-0.05, 0) is 24.4 Å². The van der Waals surface area contributed by atoms with Gasteiger partial charge in [-0.2, -0.15) is 4.98 Å². The van der Waals surface area contributed by atoms with E-state index in [1.807, 2.05) is 5.38 Å². The molecule has 1 aliphatic heterocycles. The molecule has 0 spiro atoms. The number of alkyl halides is 1. The van der Waals surface area contributed by atoms with Gasteiger partial charge in [-0.25, -0.2) is 14.4 Å². The van der Waals surface area contributed by atoms with Gasteiger partial charge in [0.25, 0.3) is 0 Å². The van der Waals surface area contributed by atoms with E-state index in [4.69, 9.17) is 22.1 Å². The van der Waals surface area contributed by atoms with Gasteiger partial charge < -0.3 is 20.7 Å². The summed E-state index contributed by atoms with van der Waals surface area (Å²) >= 11 is 5.42. The lowest BCUT2D eigenvalue weighted by Crippen LogP contribution is -2.41. The summed E-state index contributed by atoms with van der Waals surface area (Å²) in [5, 5.41) is 21.5. The molecule has 1 aliphatic rings. The first-order valence-corrected chi connectivity index (χ1v) is 7.51. The fourth-order valence-electron chi connectivity index (χ4n) is 2.96. The molecule has 3 heterocycles. The topological polar surface area (TPSA) is 119 Å². The summed E-state index contributed by atoms with van der Waals surface area (Å²) in [4.78, 5) is 11.9. The number of rotatable bonds is 3. The minimum Gasteiger partial charge on any atom is -0.396 e. The molecule has 10 heteroatoms. The molecule has 0 radical (unpaired) electrons. The van der Waals surface area contributed by atoms with E-state index in [0.717, 1.165) is 0 Å². The van der Waals surface area contributed by atoms with Crippen molar-refractivity contribution in [2.75, 3.05) is 12.3 Å². The number of aliphatic hydroxyl groups is 2. The number of aliphatic hydroxyl groups excluding tert-OH is 2. The van der Waals surface area contributed by atoms with Crippen molar-refractivity contribution in [3.05, 3.63) is 12.5 Å². The highest BCUT2D eigenvalue weighted by Crippen LogP contribution is 2.47. The lowest BCUT2D eigenvalue weighted by Gasteiger charge is -2.25. The maximum Gasteiger partial charge on any atom is 0.224 e. The predicted octanol–water partition coefficient (Wildman–Crippen LogP) is 0.203. The van der Waals surface area contributed by atoms with Crippen LogP contribution in [0.1, 0.15) is 13.2 Å². The number of halogens is 2. The van der Waals surface area contributed by atoms with Crippen molar-refractivity contribution >= 4 is 28.7 Å². The smallest absolute Gasteiger partial charge is 0.224 e. The largest absolute Gasteiger partial charge is 0.396 e. The van der Waals surface area contributed by atoms with Gasteiger partial charge in [0.2, 0.25) is 11.6 Å². The Morgan fingerprint density at radius 3 is 2.96 bits per heavy atom. The van der Waals surface area contributed by atoms with E-state index in [1.54, 1.807) is 0 Å². The third kappa shape index (κ3) is 2.48. The van der Waals surface area contributed by atoms with Crippen LogP contribution in [0.3, 0.4) is 0 Å². The van der Waals surface area contributed by atoms with Crippen molar-refractivity contribution in [3.8, 4) is 11.3 Å². The number of nitrogens with two attached hydrogens (primary N) is 1. The molecular weight excluding hydrogens is 341 g/mol. The van der Waals surface area contributed by atoms with Gasteiger partial charge in [0, 0.05) is 5.38 Å². The number of fused-ring (bicyclic) bond motifs is 1. The molecule has 128 valence electrons. The Morgan fingerprint density at radius 1 is 1.58 bits per heavy atom. The number of hydrogen-bond acceptors (Lipinski definition) is 7. The number of nitrogen functional groups attached to an aromatic ring is 1. The van der Waals surface area contributed by atoms with E-state index in [9.17, 15) is 10.2 Å². The van der Waals surface area contributed by atoms with Crippen LogP contribution in [0.15, 0.2) is 12.5 Å². The molecule has 4 N–H and O–H groups in total. The zero-order valence-electron chi connectivity index (χ0n) is 12.6. The third-order valence-electron chi connectivity index (χ3n) is 4.08. The Bertz CT molecular complexity index is 820. The predicted molar refractivity (Wildman–Crippen MR) is 83.4 cm³/mol. The van der Waals surface area contributed by atoms with Gasteiger partial charge in [-0.1, -0.05) is 0 Å². The molecule has 2 aromatic heterocycles. The summed E-state index contributed by atoms with van der Waals surface area (Å²) in [6.45, 7) is 0.855. The first kappa shape index (κ1) is 16.9. The number of hydrogen-bond donors (Lipinski definition) is 3. The summed E-state index contributed by atoms with van der Waals surface area (Å²) in [5.41, 5.74) is 3.85. The molecule has 1 fully saturated rings. The van der Waals surface area contributed by atoms with E-state index in [1.165, 1.54) is 24.0 Å². The minimum absolute atomic E-state index is 0.0130. The number of imidazole rings is 1. The third-order valence-corrected chi connectivity index (χ3v) is 4.17. The molecule has 1 saturated heterocycles. The van der Waals surface area contributed by atoms with E-state index < -0.39 is 36.6 Å².